The van der Waals surface area contributed by atoms with Crippen molar-refractivity contribution >= 4 is 0 Å². The highest BCUT2D eigenvalue weighted by Gasteiger charge is 1.95. The van der Waals surface area contributed by atoms with E-state index in [-0.39, 0.29) is 13.2 Å². The van der Waals surface area contributed by atoms with Crippen LogP contribution in [0, 0.1) is 0 Å². The number of hydrogen-bond acceptors (Lipinski definition) is 4. The Morgan fingerprint density at radius 2 is 1.44 bits per heavy atom. The first-order valence-corrected chi connectivity index (χ1v) is 5.30. The first-order valence-electron chi connectivity index (χ1n) is 5.30. The van der Waals surface area contributed by atoms with Crippen LogP contribution < -0.4 is 0 Å². The highest BCUT2D eigenvalue weighted by molar-refractivity contribution is 5.25. The van der Waals surface area contributed by atoms with Crippen LogP contribution in [0.2, 0.25) is 0 Å². The number of rotatable bonds is 4. The van der Waals surface area contributed by atoms with Gasteiger partial charge in [-0.05, 0) is 17.5 Å². The molecule has 16 heavy (non-hydrogen) atoms. The zero-order valence-corrected chi connectivity index (χ0v) is 9.50. The van der Waals surface area contributed by atoms with Gasteiger partial charge in [-0.15, -0.1) is 0 Å². The smallest absolute Gasteiger partial charge is 0.151 e. The molecule has 0 saturated heterocycles. The predicted molar refractivity (Wildman–Crippen MR) is 61.4 cm³/mol. The van der Waals surface area contributed by atoms with Gasteiger partial charge in [0.05, 0.1) is 13.2 Å². The molecule has 0 aliphatic heterocycles. The standard InChI is InChI=1S/C8H10O2.C4H10O2/c9-5-7-3-1-2-4-8(7)6-10;1-2-3-4(5)6/h1-4,9-10H,5-6H2;4-6H,2-3H2,1H3. The van der Waals surface area contributed by atoms with Crippen molar-refractivity contribution in [3.05, 3.63) is 35.4 Å². The third-order valence-electron chi connectivity index (χ3n) is 2.01. The molecular formula is C12H20O4. The highest BCUT2D eigenvalue weighted by atomic mass is 16.5. The molecule has 0 aliphatic rings. The first kappa shape index (κ1) is 15.1. The maximum Gasteiger partial charge on any atom is 0.151 e. The molecule has 0 saturated carbocycles. The zero-order valence-electron chi connectivity index (χ0n) is 9.50. The summed E-state index contributed by atoms with van der Waals surface area (Å²) in [5.74, 6) is 0. The molecule has 0 atom stereocenters. The van der Waals surface area contributed by atoms with Crippen molar-refractivity contribution in [2.24, 2.45) is 0 Å². The molecule has 0 spiro atoms. The maximum absolute atomic E-state index is 8.74. The number of aliphatic hydroxyl groups excluding tert-OH is 3. The molecule has 0 fully saturated rings. The molecule has 4 heteroatoms. The topological polar surface area (TPSA) is 80.9 Å². The normalized spacial score (nSPS) is 9.88. The molecule has 92 valence electrons. The van der Waals surface area contributed by atoms with Crippen molar-refractivity contribution in [2.75, 3.05) is 0 Å². The van der Waals surface area contributed by atoms with Gasteiger partial charge in [-0.1, -0.05) is 37.6 Å². The van der Waals surface area contributed by atoms with Crippen molar-refractivity contribution in [3.63, 3.8) is 0 Å². The number of aliphatic hydroxyl groups is 4. The van der Waals surface area contributed by atoms with E-state index in [4.69, 9.17) is 20.4 Å². The minimum Gasteiger partial charge on any atom is -0.392 e. The van der Waals surface area contributed by atoms with Gasteiger partial charge in [-0.25, -0.2) is 0 Å². The van der Waals surface area contributed by atoms with E-state index in [1.54, 1.807) is 12.1 Å². The fraction of sp³-hybridized carbons (Fsp3) is 0.500. The SMILES string of the molecule is CCCC(O)O.OCc1ccccc1CO. The van der Waals surface area contributed by atoms with Crippen LogP contribution in [0.3, 0.4) is 0 Å². The Labute approximate surface area is 95.8 Å². The lowest BCUT2D eigenvalue weighted by molar-refractivity contribution is -0.0453. The van der Waals surface area contributed by atoms with Gasteiger partial charge in [-0.3, -0.25) is 0 Å². The van der Waals surface area contributed by atoms with Crippen molar-refractivity contribution in [3.8, 4) is 0 Å². The quantitative estimate of drug-likeness (QED) is 0.574. The van der Waals surface area contributed by atoms with Gasteiger partial charge >= 0.3 is 0 Å². The molecule has 0 unspecified atom stereocenters. The van der Waals surface area contributed by atoms with Gasteiger partial charge in [0.25, 0.3) is 0 Å². The van der Waals surface area contributed by atoms with E-state index in [0.29, 0.717) is 6.42 Å². The summed E-state index contributed by atoms with van der Waals surface area (Å²) < 4.78 is 0. The van der Waals surface area contributed by atoms with Gasteiger partial charge in [0.1, 0.15) is 0 Å². The van der Waals surface area contributed by atoms with Crippen molar-refractivity contribution < 1.29 is 20.4 Å². The Kier molecular flexibility index (Phi) is 8.75. The van der Waals surface area contributed by atoms with Gasteiger partial charge in [0, 0.05) is 0 Å². The lowest BCUT2D eigenvalue weighted by Crippen LogP contribution is -2.01. The molecule has 1 aromatic carbocycles. The van der Waals surface area contributed by atoms with E-state index in [2.05, 4.69) is 0 Å². The molecule has 0 bridgehead atoms. The van der Waals surface area contributed by atoms with Crippen molar-refractivity contribution in [1.29, 1.82) is 0 Å². The number of hydrogen-bond donors (Lipinski definition) is 4. The minimum atomic E-state index is -1.10. The van der Waals surface area contributed by atoms with Crippen LogP contribution in [-0.2, 0) is 13.2 Å². The summed E-state index contributed by atoms with van der Waals surface area (Å²) in [5.41, 5.74) is 1.59. The second-order valence-electron chi connectivity index (χ2n) is 3.35. The van der Waals surface area contributed by atoms with Crippen LogP contribution >= 0.6 is 0 Å². The maximum atomic E-state index is 8.74. The summed E-state index contributed by atoms with van der Waals surface area (Å²) in [6.07, 6.45) is 0.215. The van der Waals surface area contributed by atoms with Gasteiger partial charge in [0.15, 0.2) is 6.29 Å². The van der Waals surface area contributed by atoms with E-state index in [0.717, 1.165) is 17.5 Å². The predicted octanol–water partition coefficient (Wildman–Crippen LogP) is 0.768. The third-order valence-corrected chi connectivity index (χ3v) is 2.01. The molecule has 1 aromatic rings. The van der Waals surface area contributed by atoms with Crippen LogP contribution in [0.15, 0.2) is 24.3 Å². The Morgan fingerprint density at radius 3 is 1.62 bits per heavy atom. The number of benzene rings is 1. The van der Waals surface area contributed by atoms with E-state index >= 15 is 0 Å². The Hall–Kier alpha value is -0.940. The summed E-state index contributed by atoms with van der Waals surface area (Å²) in [6, 6.07) is 7.27. The second kappa shape index (κ2) is 9.30. The molecule has 0 heterocycles. The highest BCUT2D eigenvalue weighted by Crippen LogP contribution is 2.07. The summed E-state index contributed by atoms with van der Waals surface area (Å²) in [4.78, 5) is 0. The van der Waals surface area contributed by atoms with Crippen LogP contribution in [0.1, 0.15) is 30.9 Å². The monoisotopic (exact) mass is 228 g/mol. The van der Waals surface area contributed by atoms with Gasteiger partial charge in [0.2, 0.25) is 0 Å². The first-order chi connectivity index (χ1) is 7.65. The van der Waals surface area contributed by atoms with Crippen molar-refractivity contribution in [1.82, 2.24) is 0 Å². The summed E-state index contributed by atoms with van der Waals surface area (Å²) >= 11 is 0. The molecule has 1 rings (SSSR count). The van der Waals surface area contributed by atoms with E-state index in [1.807, 2.05) is 19.1 Å². The minimum absolute atomic E-state index is 0.00324. The molecule has 4 nitrogen and oxygen atoms in total. The average Bonchev–Trinajstić information content (AvgIpc) is 2.29. The zero-order chi connectivity index (χ0) is 12.4. The van der Waals surface area contributed by atoms with Crippen molar-refractivity contribution in [2.45, 2.75) is 39.3 Å². The van der Waals surface area contributed by atoms with Gasteiger partial charge in [-0.2, -0.15) is 0 Å². The fourth-order valence-corrected chi connectivity index (χ4v) is 1.12. The second-order valence-corrected chi connectivity index (χ2v) is 3.35. The summed E-state index contributed by atoms with van der Waals surface area (Å²) in [6.45, 7) is 1.90. The van der Waals surface area contributed by atoms with E-state index in [1.165, 1.54) is 0 Å². The van der Waals surface area contributed by atoms with Crippen LogP contribution in [0.25, 0.3) is 0 Å². The van der Waals surface area contributed by atoms with E-state index < -0.39 is 6.29 Å². The van der Waals surface area contributed by atoms with Crippen LogP contribution in [0.4, 0.5) is 0 Å². The summed E-state index contributed by atoms with van der Waals surface area (Å²) in [7, 11) is 0. The Balaban J connectivity index is 0.000000325. The largest absolute Gasteiger partial charge is 0.392 e. The van der Waals surface area contributed by atoms with E-state index in [9.17, 15) is 0 Å². The Morgan fingerprint density at radius 1 is 1.00 bits per heavy atom. The molecule has 0 amide bonds. The third kappa shape index (κ3) is 6.53. The fourth-order valence-electron chi connectivity index (χ4n) is 1.12. The lowest BCUT2D eigenvalue weighted by Gasteiger charge is -2.01. The van der Waals surface area contributed by atoms with Gasteiger partial charge < -0.3 is 20.4 Å². The average molecular weight is 228 g/mol. The summed E-state index contributed by atoms with van der Waals surface area (Å²) in [5, 5.41) is 33.7. The molecule has 0 radical (unpaired) electrons. The Bertz CT molecular complexity index is 250. The molecular weight excluding hydrogens is 208 g/mol. The molecule has 0 aliphatic carbocycles. The van der Waals surface area contributed by atoms with Crippen LogP contribution in [0.5, 0.6) is 0 Å². The molecule has 0 aromatic heterocycles. The lowest BCUT2D eigenvalue weighted by atomic mass is 10.1. The van der Waals surface area contributed by atoms with Crippen LogP contribution in [-0.4, -0.2) is 26.7 Å². The molecule has 4 N–H and O–H groups in total.